The summed E-state index contributed by atoms with van der Waals surface area (Å²) in [6, 6.07) is 9.95. The van der Waals surface area contributed by atoms with Gasteiger partial charge in [-0.3, -0.25) is 9.20 Å². The van der Waals surface area contributed by atoms with Crippen molar-refractivity contribution < 1.29 is 13.6 Å². The summed E-state index contributed by atoms with van der Waals surface area (Å²) in [5.74, 6) is -1.19. The lowest BCUT2D eigenvalue weighted by molar-refractivity contribution is 0.102. The largest absolute Gasteiger partial charge is 0.306 e. The summed E-state index contributed by atoms with van der Waals surface area (Å²) in [5, 5.41) is 4.56. The molecule has 4 nitrogen and oxygen atoms in total. The summed E-state index contributed by atoms with van der Waals surface area (Å²) in [6.45, 7) is 0. The highest BCUT2D eigenvalue weighted by Gasteiger charge is 2.20. The highest BCUT2D eigenvalue weighted by atomic mass is 79.9. The van der Waals surface area contributed by atoms with Crippen molar-refractivity contribution >= 4 is 44.0 Å². The Balaban J connectivity index is 1.79. The Labute approximate surface area is 159 Å². The minimum atomic E-state index is -0.625. The zero-order valence-corrected chi connectivity index (χ0v) is 15.4. The molecule has 0 atom stereocenters. The van der Waals surface area contributed by atoms with Crippen LogP contribution in [0.25, 0.3) is 16.2 Å². The van der Waals surface area contributed by atoms with Gasteiger partial charge in [0.2, 0.25) is 0 Å². The molecule has 0 fully saturated rings. The van der Waals surface area contributed by atoms with Crippen molar-refractivity contribution in [3.8, 4) is 11.3 Å². The van der Waals surface area contributed by atoms with Crippen LogP contribution in [0.2, 0.25) is 0 Å². The van der Waals surface area contributed by atoms with Gasteiger partial charge in [-0.1, -0.05) is 15.9 Å². The van der Waals surface area contributed by atoms with Crippen LogP contribution in [0.15, 0.2) is 58.5 Å². The smallest absolute Gasteiger partial charge is 0.259 e. The number of nitrogens with zero attached hydrogens (tertiary/aromatic N) is 2. The molecular formula is C18H10BrF2N3OS. The number of hydrogen-bond acceptors (Lipinski definition) is 3. The number of nitrogens with one attached hydrogen (secondary N) is 1. The molecular weight excluding hydrogens is 424 g/mol. The van der Waals surface area contributed by atoms with Gasteiger partial charge in [-0.2, -0.15) is 0 Å². The summed E-state index contributed by atoms with van der Waals surface area (Å²) < 4.78 is 29.5. The molecule has 4 aromatic rings. The van der Waals surface area contributed by atoms with Crippen LogP contribution in [0, 0.1) is 11.6 Å². The maximum absolute atomic E-state index is 14.0. The van der Waals surface area contributed by atoms with Crippen molar-refractivity contribution in [2.45, 2.75) is 0 Å². The van der Waals surface area contributed by atoms with E-state index in [4.69, 9.17) is 0 Å². The van der Waals surface area contributed by atoms with Crippen LogP contribution >= 0.6 is 27.3 Å². The molecule has 0 aliphatic heterocycles. The zero-order valence-electron chi connectivity index (χ0n) is 13.0. The van der Waals surface area contributed by atoms with E-state index < -0.39 is 11.7 Å². The third-order valence-corrected chi connectivity index (χ3v) is 5.03. The van der Waals surface area contributed by atoms with Crippen molar-refractivity contribution in [2.24, 2.45) is 0 Å². The number of carbonyl (C=O) groups is 1. The second-order valence-electron chi connectivity index (χ2n) is 5.45. The number of imidazole rings is 1. The van der Waals surface area contributed by atoms with E-state index in [1.807, 2.05) is 5.38 Å². The topological polar surface area (TPSA) is 46.4 Å². The lowest BCUT2D eigenvalue weighted by Crippen LogP contribution is -2.15. The predicted octanol–water partition coefficient (Wildman–Crippen LogP) is 5.36. The van der Waals surface area contributed by atoms with E-state index in [0.717, 1.165) is 0 Å². The Morgan fingerprint density at radius 1 is 1.15 bits per heavy atom. The van der Waals surface area contributed by atoms with E-state index in [0.29, 0.717) is 26.5 Å². The standard InChI is InChI=1S/C18H10BrF2N3OS/c19-11-3-6-14(21)13(9-11)17(25)23-16-15(10-1-4-12(20)5-2-10)22-18-24(16)7-8-26-18/h1-9H,(H,23,25). The molecule has 0 aliphatic rings. The van der Waals surface area contributed by atoms with Crippen molar-refractivity contribution in [3.05, 3.63) is 75.7 Å². The molecule has 1 amide bonds. The molecule has 0 bridgehead atoms. The zero-order chi connectivity index (χ0) is 18.3. The summed E-state index contributed by atoms with van der Waals surface area (Å²) in [7, 11) is 0. The molecule has 0 saturated heterocycles. The Kier molecular flexibility index (Phi) is 4.29. The predicted molar refractivity (Wildman–Crippen MR) is 101 cm³/mol. The van der Waals surface area contributed by atoms with E-state index >= 15 is 0 Å². The maximum Gasteiger partial charge on any atom is 0.259 e. The molecule has 2 aromatic heterocycles. The fourth-order valence-electron chi connectivity index (χ4n) is 2.56. The average Bonchev–Trinajstić information content (AvgIpc) is 3.20. The summed E-state index contributed by atoms with van der Waals surface area (Å²) >= 11 is 4.63. The Morgan fingerprint density at radius 3 is 2.69 bits per heavy atom. The minimum absolute atomic E-state index is 0.0883. The average molecular weight is 434 g/mol. The van der Waals surface area contributed by atoms with E-state index in [1.54, 1.807) is 22.7 Å². The monoisotopic (exact) mass is 433 g/mol. The molecule has 2 aromatic carbocycles. The first-order chi connectivity index (χ1) is 12.5. The molecule has 26 heavy (non-hydrogen) atoms. The van der Waals surface area contributed by atoms with Gasteiger partial charge in [0.1, 0.15) is 23.1 Å². The lowest BCUT2D eigenvalue weighted by Gasteiger charge is -2.08. The molecule has 0 radical (unpaired) electrons. The highest BCUT2D eigenvalue weighted by molar-refractivity contribution is 9.10. The molecule has 0 unspecified atom stereocenters. The Morgan fingerprint density at radius 2 is 1.92 bits per heavy atom. The van der Waals surface area contributed by atoms with E-state index in [1.165, 1.54) is 41.7 Å². The summed E-state index contributed by atoms with van der Waals surface area (Å²) in [4.78, 5) is 17.8. The van der Waals surface area contributed by atoms with Gasteiger partial charge in [0.05, 0.1) is 5.56 Å². The number of amides is 1. The van der Waals surface area contributed by atoms with Crippen molar-refractivity contribution in [3.63, 3.8) is 0 Å². The maximum atomic E-state index is 14.0. The van der Waals surface area contributed by atoms with Crippen LogP contribution in [-0.2, 0) is 0 Å². The number of anilines is 1. The molecule has 4 rings (SSSR count). The van der Waals surface area contributed by atoms with Crippen molar-refractivity contribution in [1.82, 2.24) is 9.38 Å². The Bertz CT molecular complexity index is 1120. The van der Waals surface area contributed by atoms with Gasteiger partial charge < -0.3 is 5.32 Å². The van der Waals surface area contributed by atoms with Crippen LogP contribution in [0.1, 0.15) is 10.4 Å². The second kappa shape index (κ2) is 6.62. The quantitative estimate of drug-likeness (QED) is 0.472. The first-order valence-electron chi connectivity index (χ1n) is 7.51. The van der Waals surface area contributed by atoms with Gasteiger partial charge in [0, 0.05) is 21.6 Å². The number of benzene rings is 2. The minimum Gasteiger partial charge on any atom is -0.306 e. The molecule has 8 heteroatoms. The Hall–Kier alpha value is -2.58. The van der Waals surface area contributed by atoms with Crippen molar-refractivity contribution in [2.75, 3.05) is 5.32 Å². The number of fused-ring (bicyclic) bond motifs is 1. The number of thiazole rings is 1. The number of carbonyl (C=O) groups excluding carboxylic acids is 1. The van der Waals surface area contributed by atoms with Gasteiger partial charge in [0.15, 0.2) is 4.96 Å². The van der Waals surface area contributed by atoms with E-state index in [2.05, 4.69) is 26.2 Å². The van der Waals surface area contributed by atoms with E-state index in [-0.39, 0.29) is 11.4 Å². The molecule has 0 spiro atoms. The van der Waals surface area contributed by atoms with Crippen LogP contribution in [-0.4, -0.2) is 15.3 Å². The van der Waals surface area contributed by atoms with Crippen LogP contribution < -0.4 is 5.32 Å². The SMILES string of the molecule is O=C(Nc1c(-c2ccc(F)cc2)nc2sccn12)c1cc(Br)ccc1F. The van der Waals surface area contributed by atoms with Crippen LogP contribution in [0.4, 0.5) is 14.6 Å². The fourth-order valence-corrected chi connectivity index (χ4v) is 3.64. The number of hydrogen-bond donors (Lipinski definition) is 1. The van der Waals surface area contributed by atoms with Crippen molar-refractivity contribution in [1.29, 1.82) is 0 Å². The van der Waals surface area contributed by atoms with Crippen LogP contribution in [0.5, 0.6) is 0 Å². The van der Waals surface area contributed by atoms with Crippen LogP contribution in [0.3, 0.4) is 0 Å². The van der Waals surface area contributed by atoms with Gasteiger partial charge >= 0.3 is 0 Å². The van der Waals surface area contributed by atoms with Gasteiger partial charge in [-0.25, -0.2) is 13.8 Å². The fraction of sp³-hybridized carbons (Fsp3) is 0. The summed E-state index contributed by atoms with van der Waals surface area (Å²) in [5.41, 5.74) is 1.04. The van der Waals surface area contributed by atoms with Gasteiger partial charge in [-0.05, 0) is 42.5 Å². The van der Waals surface area contributed by atoms with Gasteiger partial charge in [-0.15, -0.1) is 11.3 Å². The second-order valence-corrected chi connectivity index (χ2v) is 7.24. The number of aromatic nitrogens is 2. The highest BCUT2D eigenvalue weighted by Crippen LogP contribution is 2.31. The molecule has 130 valence electrons. The third kappa shape index (κ3) is 3.02. The summed E-state index contributed by atoms with van der Waals surface area (Å²) in [6.07, 6.45) is 1.76. The first kappa shape index (κ1) is 16.9. The molecule has 0 saturated carbocycles. The first-order valence-corrected chi connectivity index (χ1v) is 9.18. The molecule has 0 aliphatic carbocycles. The normalized spacial score (nSPS) is 11.0. The van der Waals surface area contributed by atoms with E-state index in [9.17, 15) is 13.6 Å². The number of rotatable bonds is 3. The molecule has 1 N–H and O–H groups in total. The molecule has 2 heterocycles. The third-order valence-electron chi connectivity index (χ3n) is 3.78. The van der Waals surface area contributed by atoms with Gasteiger partial charge in [0.25, 0.3) is 5.91 Å². The lowest BCUT2D eigenvalue weighted by atomic mass is 10.1. The number of halogens is 3.